The minimum atomic E-state index is -0.420. The summed E-state index contributed by atoms with van der Waals surface area (Å²) < 4.78 is 0. The van der Waals surface area contributed by atoms with Gasteiger partial charge in [-0.15, -0.1) is 0 Å². The van der Waals surface area contributed by atoms with E-state index < -0.39 is 5.41 Å². The van der Waals surface area contributed by atoms with Gasteiger partial charge in [0.2, 0.25) is 5.91 Å². The summed E-state index contributed by atoms with van der Waals surface area (Å²) in [5, 5.41) is 15.7. The molecule has 2 aliphatic rings. The molecule has 1 saturated heterocycles. The third-order valence-electron chi connectivity index (χ3n) is 6.03. The number of hydrogen-bond donors (Lipinski definition) is 2. The maximum absolute atomic E-state index is 12.5. The molecular weight excluding hydrogens is 344 g/mol. The second kappa shape index (κ2) is 6.05. The van der Waals surface area contributed by atoms with Gasteiger partial charge in [-0.1, -0.05) is 32.9 Å². The summed E-state index contributed by atoms with van der Waals surface area (Å²) in [5.74, 6) is 0.430. The van der Waals surface area contributed by atoms with E-state index in [-0.39, 0.29) is 34.6 Å². The summed E-state index contributed by atoms with van der Waals surface area (Å²) >= 11 is 0. The lowest BCUT2D eigenvalue weighted by molar-refractivity contribution is -0.389. The van der Waals surface area contributed by atoms with Gasteiger partial charge in [0.1, 0.15) is 5.52 Å². The molecule has 2 N–H and O–H groups in total. The van der Waals surface area contributed by atoms with Crippen LogP contribution in [0.2, 0.25) is 0 Å². The van der Waals surface area contributed by atoms with Crippen LogP contribution in [-0.4, -0.2) is 46.4 Å². The number of likely N-dealkylation sites (tertiary alicyclic amines) is 1. The number of rotatable bonds is 2. The Morgan fingerprint density at radius 2 is 2.11 bits per heavy atom. The number of likely N-dealkylation sites (N-methyl/N-ethyl adjacent to an activating group) is 1. The van der Waals surface area contributed by atoms with Gasteiger partial charge in [-0.05, 0) is 36.4 Å². The lowest BCUT2D eigenvalue weighted by atomic mass is 9.73. The highest BCUT2D eigenvalue weighted by Gasteiger charge is 2.42. The molecule has 0 saturated carbocycles. The van der Waals surface area contributed by atoms with E-state index in [0.29, 0.717) is 6.42 Å². The number of nitro groups is 1. The monoisotopic (exact) mass is 370 g/mol. The van der Waals surface area contributed by atoms with Crippen LogP contribution < -0.4 is 5.32 Å². The molecule has 144 valence electrons. The molecule has 0 bridgehead atoms. The topological polar surface area (TPSA) is 91.3 Å². The minimum absolute atomic E-state index is 0.0614. The normalized spacial score (nSPS) is 25.3. The first-order valence-corrected chi connectivity index (χ1v) is 9.46. The minimum Gasteiger partial charge on any atom is -0.358 e. The highest BCUT2D eigenvalue weighted by Crippen LogP contribution is 2.45. The lowest BCUT2D eigenvalue weighted by Gasteiger charge is -2.45. The van der Waals surface area contributed by atoms with E-state index in [1.165, 1.54) is 0 Å². The van der Waals surface area contributed by atoms with E-state index in [0.717, 1.165) is 35.0 Å². The van der Waals surface area contributed by atoms with Crippen molar-refractivity contribution in [2.24, 2.45) is 5.41 Å². The van der Waals surface area contributed by atoms with Gasteiger partial charge in [-0.25, -0.2) is 4.98 Å². The second-order valence-electron chi connectivity index (χ2n) is 8.95. The third kappa shape index (κ3) is 2.90. The number of nitrogens with zero attached hydrogens (tertiary/aromatic N) is 2. The first-order valence-electron chi connectivity index (χ1n) is 9.46. The summed E-state index contributed by atoms with van der Waals surface area (Å²) in [6.45, 7) is 6.52. The van der Waals surface area contributed by atoms with Gasteiger partial charge in [0.05, 0.1) is 5.56 Å². The molecule has 2 heterocycles. The SMILES string of the molecule is CN1C[C@@H](NC(=O)C(C)(C)C)C[C@@H]2c3cccc4[nH]c([N+](=O)[O-])c(c34)C[C@H]21. The molecule has 1 fully saturated rings. The molecule has 1 amide bonds. The van der Waals surface area contributed by atoms with Crippen LogP contribution in [0.3, 0.4) is 0 Å². The maximum atomic E-state index is 12.5. The van der Waals surface area contributed by atoms with Crippen molar-refractivity contribution in [3.05, 3.63) is 39.4 Å². The van der Waals surface area contributed by atoms with E-state index in [4.69, 9.17) is 0 Å². The Morgan fingerprint density at radius 1 is 1.37 bits per heavy atom. The van der Waals surface area contributed by atoms with Crippen LogP contribution in [0.1, 0.15) is 44.2 Å². The molecule has 1 aliphatic heterocycles. The van der Waals surface area contributed by atoms with E-state index in [1.54, 1.807) is 0 Å². The fourth-order valence-electron chi connectivity index (χ4n) is 4.67. The van der Waals surface area contributed by atoms with Crippen molar-refractivity contribution in [3.63, 3.8) is 0 Å². The van der Waals surface area contributed by atoms with Crippen LogP contribution in [0.5, 0.6) is 0 Å². The number of carbonyl (C=O) groups is 1. The average Bonchev–Trinajstić information content (AvgIpc) is 2.95. The van der Waals surface area contributed by atoms with E-state index in [2.05, 4.69) is 28.3 Å². The van der Waals surface area contributed by atoms with Gasteiger partial charge in [-0.2, -0.15) is 0 Å². The molecule has 2 aromatic rings. The highest BCUT2D eigenvalue weighted by atomic mass is 16.6. The van der Waals surface area contributed by atoms with E-state index >= 15 is 0 Å². The number of fused-ring (bicyclic) bond motifs is 2. The number of piperidine rings is 1. The van der Waals surface area contributed by atoms with Crippen molar-refractivity contribution in [1.82, 2.24) is 15.2 Å². The Kier molecular flexibility index (Phi) is 4.03. The number of hydrogen-bond acceptors (Lipinski definition) is 4. The Morgan fingerprint density at radius 3 is 2.78 bits per heavy atom. The molecule has 1 aliphatic carbocycles. The first-order chi connectivity index (χ1) is 12.7. The quantitative estimate of drug-likeness (QED) is 0.628. The maximum Gasteiger partial charge on any atom is 0.325 e. The Balaban J connectivity index is 1.72. The summed E-state index contributed by atoms with van der Waals surface area (Å²) in [5.41, 5.74) is 2.38. The van der Waals surface area contributed by atoms with Gasteiger partial charge in [0.15, 0.2) is 0 Å². The molecule has 4 rings (SSSR count). The molecule has 27 heavy (non-hydrogen) atoms. The van der Waals surface area contributed by atoms with Crippen LogP contribution in [-0.2, 0) is 11.2 Å². The van der Waals surface area contributed by atoms with Crippen molar-refractivity contribution in [3.8, 4) is 0 Å². The number of H-pyrrole nitrogens is 1. The van der Waals surface area contributed by atoms with Gasteiger partial charge < -0.3 is 20.3 Å². The van der Waals surface area contributed by atoms with Gasteiger partial charge >= 0.3 is 5.82 Å². The first kappa shape index (κ1) is 18.0. The standard InChI is InChI=1S/C20H26N4O3/c1-20(2,3)19(25)21-11-8-13-12-6-5-7-15-17(12)14(18(22-15)24(26)27)9-16(13)23(4)10-11/h5-7,11,13,16,22H,8-10H2,1-4H3,(H,21,25)/t11-,13+,16+/m0/s1. The molecule has 0 spiro atoms. The van der Waals surface area contributed by atoms with Gasteiger partial charge in [-0.3, -0.25) is 4.79 Å². The average molecular weight is 370 g/mol. The number of amides is 1. The Hall–Kier alpha value is -2.41. The zero-order valence-corrected chi connectivity index (χ0v) is 16.2. The van der Waals surface area contributed by atoms with Crippen molar-refractivity contribution >= 4 is 22.6 Å². The summed E-state index contributed by atoms with van der Waals surface area (Å²) in [4.78, 5) is 28.9. The zero-order valence-electron chi connectivity index (χ0n) is 16.2. The summed E-state index contributed by atoms with van der Waals surface area (Å²) in [6.07, 6.45) is 1.52. The summed E-state index contributed by atoms with van der Waals surface area (Å²) in [7, 11) is 2.05. The van der Waals surface area contributed by atoms with Crippen LogP contribution in [0.15, 0.2) is 18.2 Å². The fourth-order valence-corrected chi connectivity index (χ4v) is 4.67. The lowest BCUT2D eigenvalue weighted by Crippen LogP contribution is -2.56. The number of aromatic amines is 1. The molecule has 3 atom stereocenters. The fraction of sp³-hybridized carbons (Fsp3) is 0.550. The molecular formula is C20H26N4O3. The molecule has 7 heteroatoms. The van der Waals surface area contributed by atoms with E-state index in [9.17, 15) is 14.9 Å². The molecule has 0 radical (unpaired) electrons. The summed E-state index contributed by atoms with van der Waals surface area (Å²) in [6, 6.07) is 6.24. The van der Waals surface area contributed by atoms with Crippen LogP contribution >= 0.6 is 0 Å². The van der Waals surface area contributed by atoms with Crippen LogP contribution in [0.4, 0.5) is 5.82 Å². The molecule has 7 nitrogen and oxygen atoms in total. The molecule has 1 aromatic heterocycles. The smallest absolute Gasteiger partial charge is 0.325 e. The highest BCUT2D eigenvalue weighted by molar-refractivity contribution is 5.92. The Bertz CT molecular complexity index is 927. The van der Waals surface area contributed by atoms with Crippen LogP contribution in [0.25, 0.3) is 10.9 Å². The number of carbonyl (C=O) groups excluding carboxylic acids is 1. The number of nitrogens with one attached hydrogen (secondary N) is 2. The van der Waals surface area contributed by atoms with Crippen molar-refractivity contribution in [1.29, 1.82) is 0 Å². The Labute approximate surface area is 158 Å². The predicted molar refractivity (Wildman–Crippen MR) is 104 cm³/mol. The van der Waals surface area contributed by atoms with Crippen molar-refractivity contribution < 1.29 is 9.72 Å². The number of aromatic nitrogens is 1. The zero-order chi connectivity index (χ0) is 19.5. The molecule has 0 unspecified atom stereocenters. The third-order valence-corrected chi connectivity index (χ3v) is 6.03. The van der Waals surface area contributed by atoms with Crippen molar-refractivity contribution in [2.45, 2.75) is 51.6 Å². The number of benzene rings is 1. The van der Waals surface area contributed by atoms with Crippen LogP contribution in [0, 0.1) is 15.5 Å². The largest absolute Gasteiger partial charge is 0.358 e. The van der Waals surface area contributed by atoms with Gasteiger partial charge in [0, 0.05) is 35.3 Å². The van der Waals surface area contributed by atoms with Gasteiger partial charge in [0.25, 0.3) is 0 Å². The second-order valence-corrected chi connectivity index (χ2v) is 8.95. The predicted octanol–water partition coefficient (Wildman–Crippen LogP) is 2.95. The van der Waals surface area contributed by atoms with Crippen molar-refractivity contribution in [2.75, 3.05) is 13.6 Å². The molecule has 1 aromatic carbocycles. The van der Waals surface area contributed by atoms with E-state index in [1.807, 2.05) is 32.9 Å².